The standard InChI is InChI=1S/C60H80S4/c1-9-11-13-15-17-19-21-23-25-27-29-46-40-44(4)61-57(46)54-37-35-52(62-54)53-36-38-55(63-53)58-47(30-28-26-24-22-20-18-16-14-12-10-2)42-56(64-58)45-32-34-49-48-33-31-43(3)39-50(48)59(5,6)60(7,8)51(49)41-45/h31-42H,9-30H2,1-8H3. The Morgan fingerprint density at radius 1 is 0.375 bits per heavy atom. The van der Waals surface area contributed by atoms with Crippen LogP contribution in [0.4, 0.5) is 0 Å². The molecule has 7 rings (SSSR count). The van der Waals surface area contributed by atoms with Gasteiger partial charge in [0.15, 0.2) is 0 Å². The Morgan fingerprint density at radius 2 is 0.797 bits per heavy atom. The molecule has 1 aliphatic carbocycles. The number of aryl methyl sites for hydroxylation is 4. The summed E-state index contributed by atoms with van der Waals surface area (Å²) in [6, 6.07) is 29.2. The van der Waals surface area contributed by atoms with Crippen LogP contribution in [0.1, 0.15) is 203 Å². The van der Waals surface area contributed by atoms with Gasteiger partial charge in [-0.1, -0.05) is 193 Å². The maximum atomic E-state index is 2.58. The van der Waals surface area contributed by atoms with E-state index in [0.717, 1.165) is 6.42 Å². The zero-order valence-corrected chi connectivity index (χ0v) is 44.4. The molecule has 4 heteroatoms. The van der Waals surface area contributed by atoms with E-state index < -0.39 is 0 Å². The number of unbranched alkanes of at least 4 members (excludes halogenated alkanes) is 18. The SMILES string of the molecule is CCCCCCCCCCCCc1cc(C)sc1-c1ccc(-c2ccc(-c3sc(-c4ccc5c(c4)C(C)(C)C(C)(C)c4cc(C)ccc4-5)cc3CCCCCCCCCCCC)s2)s1. The Hall–Kier alpha value is -2.76. The van der Waals surface area contributed by atoms with E-state index in [1.807, 2.05) is 45.3 Å². The van der Waals surface area contributed by atoms with E-state index in [4.69, 9.17) is 0 Å². The van der Waals surface area contributed by atoms with E-state index in [9.17, 15) is 0 Å². The minimum Gasteiger partial charge on any atom is -0.139 e. The number of rotatable bonds is 26. The predicted molar refractivity (Wildman–Crippen MR) is 292 cm³/mol. The minimum atomic E-state index is -0.00417. The average molecular weight is 930 g/mol. The quantitative estimate of drug-likeness (QED) is 0.0476. The molecule has 0 saturated heterocycles. The molecule has 64 heavy (non-hydrogen) atoms. The van der Waals surface area contributed by atoms with Gasteiger partial charge in [-0.05, 0) is 132 Å². The molecule has 4 heterocycles. The summed E-state index contributed by atoms with van der Waals surface area (Å²) in [6.07, 6.45) is 30.0. The van der Waals surface area contributed by atoms with Crippen LogP contribution in [0.5, 0.6) is 0 Å². The first kappa shape index (κ1) is 49.2. The van der Waals surface area contributed by atoms with Crippen molar-refractivity contribution in [3.63, 3.8) is 0 Å². The second-order valence-corrected chi connectivity index (χ2v) is 24.9. The molecule has 0 amide bonds. The average Bonchev–Trinajstić information content (AvgIpc) is 4.11. The van der Waals surface area contributed by atoms with Gasteiger partial charge in [-0.15, -0.1) is 45.3 Å². The third kappa shape index (κ3) is 11.8. The summed E-state index contributed by atoms with van der Waals surface area (Å²) in [7, 11) is 0. The topological polar surface area (TPSA) is 0 Å². The molecule has 0 aliphatic heterocycles. The molecule has 0 fully saturated rings. The Morgan fingerprint density at radius 3 is 1.31 bits per heavy atom. The summed E-state index contributed by atoms with van der Waals surface area (Å²) < 4.78 is 0. The van der Waals surface area contributed by atoms with Crippen LogP contribution < -0.4 is 0 Å². The lowest BCUT2D eigenvalue weighted by Crippen LogP contribution is -2.43. The highest BCUT2D eigenvalue weighted by Gasteiger charge is 2.46. The zero-order chi connectivity index (χ0) is 45.1. The van der Waals surface area contributed by atoms with Gasteiger partial charge in [0.05, 0.1) is 0 Å². The summed E-state index contributed by atoms with van der Waals surface area (Å²) >= 11 is 8.04. The van der Waals surface area contributed by atoms with Crippen LogP contribution in [0.2, 0.25) is 0 Å². The monoisotopic (exact) mass is 929 g/mol. The third-order valence-corrected chi connectivity index (χ3v) is 20.0. The molecule has 0 N–H and O–H groups in total. The van der Waals surface area contributed by atoms with Gasteiger partial charge < -0.3 is 0 Å². The Kier molecular flexibility index (Phi) is 17.9. The molecule has 0 unspecified atom stereocenters. The fraction of sp³-hybridized carbons (Fsp3) is 0.533. The first-order valence-corrected chi connectivity index (χ1v) is 29.0. The van der Waals surface area contributed by atoms with Crippen molar-refractivity contribution >= 4 is 45.3 Å². The maximum absolute atomic E-state index is 2.58. The lowest BCUT2D eigenvalue weighted by atomic mass is 9.55. The van der Waals surface area contributed by atoms with Crippen molar-refractivity contribution in [2.45, 2.75) is 207 Å². The largest absolute Gasteiger partial charge is 0.139 e. The highest BCUT2D eigenvalue weighted by molar-refractivity contribution is 7.29. The smallest absolute Gasteiger partial charge is 0.0481 e. The van der Waals surface area contributed by atoms with Gasteiger partial charge in [-0.25, -0.2) is 0 Å². The molecule has 344 valence electrons. The van der Waals surface area contributed by atoms with E-state index in [2.05, 4.69) is 128 Å². The second-order valence-electron chi connectivity index (χ2n) is 20.4. The van der Waals surface area contributed by atoms with Gasteiger partial charge in [0, 0.05) is 39.0 Å². The van der Waals surface area contributed by atoms with Gasteiger partial charge in [-0.2, -0.15) is 0 Å². The molecular weight excluding hydrogens is 849 g/mol. The molecule has 2 aromatic carbocycles. The predicted octanol–water partition coefficient (Wildman–Crippen LogP) is 21.4. The summed E-state index contributed by atoms with van der Waals surface area (Å²) in [5.74, 6) is 0. The van der Waals surface area contributed by atoms with E-state index in [-0.39, 0.29) is 10.8 Å². The zero-order valence-electron chi connectivity index (χ0n) is 41.1. The van der Waals surface area contributed by atoms with Crippen molar-refractivity contribution in [1.29, 1.82) is 0 Å². The molecule has 1 aliphatic rings. The first-order chi connectivity index (χ1) is 31.0. The van der Waals surface area contributed by atoms with E-state index in [0.29, 0.717) is 0 Å². The Bertz CT molecular complexity index is 2370. The second kappa shape index (κ2) is 23.3. The lowest BCUT2D eigenvalue weighted by Gasteiger charge is -2.48. The number of benzene rings is 2. The highest BCUT2D eigenvalue weighted by Crippen LogP contribution is 2.55. The van der Waals surface area contributed by atoms with Crippen LogP contribution in [0.25, 0.3) is 50.8 Å². The highest BCUT2D eigenvalue weighted by atomic mass is 32.1. The first-order valence-electron chi connectivity index (χ1n) is 25.7. The van der Waals surface area contributed by atoms with Crippen molar-refractivity contribution in [2.75, 3.05) is 0 Å². The van der Waals surface area contributed by atoms with Gasteiger partial charge >= 0.3 is 0 Å². The van der Waals surface area contributed by atoms with E-state index in [1.165, 1.54) is 207 Å². The summed E-state index contributed by atoms with van der Waals surface area (Å²) in [4.78, 5) is 11.6. The fourth-order valence-electron chi connectivity index (χ4n) is 10.2. The number of hydrogen-bond donors (Lipinski definition) is 0. The molecular formula is C60H80S4. The van der Waals surface area contributed by atoms with Crippen LogP contribution >= 0.6 is 45.3 Å². The van der Waals surface area contributed by atoms with Gasteiger partial charge in [0.2, 0.25) is 0 Å². The van der Waals surface area contributed by atoms with Crippen molar-refractivity contribution in [1.82, 2.24) is 0 Å². The Labute approximate surface area is 406 Å². The van der Waals surface area contributed by atoms with Crippen LogP contribution in [0, 0.1) is 13.8 Å². The summed E-state index contributed by atoms with van der Waals surface area (Å²) in [5, 5.41) is 0. The molecule has 0 spiro atoms. The van der Waals surface area contributed by atoms with E-state index in [1.54, 1.807) is 11.1 Å². The van der Waals surface area contributed by atoms with Gasteiger partial charge in [0.1, 0.15) is 0 Å². The molecule has 0 nitrogen and oxygen atoms in total. The fourth-order valence-corrected chi connectivity index (χ4v) is 14.9. The van der Waals surface area contributed by atoms with Crippen molar-refractivity contribution in [3.05, 3.63) is 105 Å². The number of hydrogen-bond acceptors (Lipinski definition) is 4. The molecule has 0 atom stereocenters. The third-order valence-electron chi connectivity index (χ3n) is 14.9. The maximum Gasteiger partial charge on any atom is 0.0481 e. The summed E-state index contributed by atoms with van der Waals surface area (Å²) in [6.45, 7) is 19.0. The van der Waals surface area contributed by atoms with Crippen LogP contribution in [-0.2, 0) is 23.7 Å². The lowest BCUT2D eigenvalue weighted by molar-refractivity contribution is 0.299. The summed E-state index contributed by atoms with van der Waals surface area (Å²) in [5.41, 5.74) is 11.6. The molecule has 0 radical (unpaired) electrons. The van der Waals surface area contributed by atoms with Crippen LogP contribution in [0.3, 0.4) is 0 Å². The van der Waals surface area contributed by atoms with Crippen molar-refractivity contribution < 1.29 is 0 Å². The molecule has 0 saturated carbocycles. The van der Waals surface area contributed by atoms with Crippen molar-refractivity contribution in [2.24, 2.45) is 0 Å². The normalized spacial score (nSPS) is 14.0. The number of thiophene rings is 4. The van der Waals surface area contributed by atoms with Gasteiger partial charge in [-0.3, -0.25) is 0 Å². The van der Waals surface area contributed by atoms with Crippen LogP contribution in [0.15, 0.2) is 72.8 Å². The number of fused-ring (bicyclic) bond motifs is 3. The minimum absolute atomic E-state index is 0.00417. The van der Waals surface area contributed by atoms with Crippen LogP contribution in [-0.4, -0.2) is 0 Å². The molecule has 4 aromatic heterocycles. The van der Waals surface area contributed by atoms with Crippen molar-refractivity contribution in [3.8, 4) is 50.8 Å². The molecule has 6 aromatic rings. The Balaban J connectivity index is 1.08. The van der Waals surface area contributed by atoms with Gasteiger partial charge in [0.25, 0.3) is 0 Å². The van der Waals surface area contributed by atoms with E-state index >= 15 is 0 Å². The molecule has 0 bridgehead atoms.